The van der Waals surface area contributed by atoms with Gasteiger partial charge in [0.2, 0.25) is 0 Å². The largest absolute Gasteiger partial charge is 0.198 e. The maximum atomic E-state index is 8.97. The Morgan fingerprint density at radius 3 is 2.53 bits per heavy atom. The van der Waals surface area contributed by atoms with E-state index < -0.39 is 0 Å². The van der Waals surface area contributed by atoms with Crippen molar-refractivity contribution in [3.8, 4) is 6.07 Å². The standard InChI is InChI=1S/C14H23N/c1-2-3-11-4-6-14-9-12(10-15)5-7-13(14)8-11/h11-14H,2-9H2,1H3. The third kappa shape index (κ3) is 2.54. The van der Waals surface area contributed by atoms with E-state index in [1.807, 2.05) is 0 Å². The van der Waals surface area contributed by atoms with E-state index >= 15 is 0 Å². The van der Waals surface area contributed by atoms with Crippen LogP contribution < -0.4 is 0 Å². The highest BCUT2D eigenvalue weighted by molar-refractivity contribution is 4.93. The summed E-state index contributed by atoms with van der Waals surface area (Å²) in [6.07, 6.45) is 10.8. The van der Waals surface area contributed by atoms with Crippen LogP contribution in [0.3, 0.4) is 0 Å². The summed E-state index contributed by atoms with van der Waals surface area (Å²) in [6.45, 7) is 2.30. The summed E-state index contributed by atoms with van der Waals surface area (Å²) in [5, 5.41) is 8.97. The number of rotatable bonds is 2. The summed E-state index contributed by atoms with van der Waals surface area (Å²) in [5.74, 6) is 3.26. The minimum absolute atomic E-state index is 0.383. The van der Waals surface area contributed by atoms with Gasteiger partial charge >= 0.3 is 0 Å². The fourth-order valence-corrected chi connectivity index (χ4v) is 3.77. The molecule has 0 aliphatic heterocycles. The highest BCUT2D eigenvalue weighted by atomic mass is 14.4. The first-order chi connectivity index (χ1) is 7.33. The second-order valence-corrected chi connectivity index (χ2v) is 5.63. The van der Waals surface area contributed by atoms with Crippen molar-refractivity contribution >= 4 is 0 Å². The average Bonchev–Trinajstić information content (AvgIpc) is 2.29. The van der Waals surface area contributed by atoms with Crippen molar-refractivity contribution in [2.24, 2.45) is 23.7 Å². The zero-order valence-corrected chi connectivity index (χ0v) is 9.91. The summed E-state index contributed by atoms with van der Waals surface area (Å²) >= 11 is 0. The van der Waals surface area contributed by atoms with Crippen molar-refractivity contribution in [1.29, 1.82) is 5.26 Å². The first-order valence-corrected chi connectivity index (χ1v) is 6.73. The molecule has 0 spiro atoms. The Hall–Kier alpha value is -0.510. The van der Waals surface area contributed by atoms with E-state index in [0.29, 0.717) is 5.92 Å². The monoisotopic (exact) mass is 205 g/mol. The van der Waals surface area contributed by atoms with Crippen LogP contribution >= 0.6 is 0 Å². The Morgan fingerprint density at radius 2 is 1.80 bits per heavy atom. The minimum atomic E-state index is 0.383. The molecule has 1 heteroatoms. The average molecular weight is 205 g/mol. The van der Waals surface area contributed by atoms with Crippen LogP contribution in [-0.2, 0) is 0 Å². The van der Waals surface area contributed by atoms with E-state index in [1.54, 1.807) is 0 Å². The summed E-state index contributed by atoms with van der Waals surface area (Å²) < 4.78 is 0. The van der Waals surface area contributed by atoms with Gasteiger partial charge in [-0.15, -0.1) is 0 Å². The van der Waals surface area contributed by atoms with Gasteiger partial charge in [-0.1, -0.05) is 26.2 Å². The molecule has 0 saturated heterocycles. The van der Waals surface area contributed by atoms with Gasteiger partial charge < -0.3 is 0 Å². The first kappa shape index (κ1) is 11.0. The van der Waals surface area contributed by atoms with E-state index in [2.05, 4.69) is 13.0 Å². The molecule has 15 heavy (non-hydrogen) atoms. The van der Waals surface area contributed by atoms with Crippen molar-refractivity contribution < 1.29 is 0 Å². The lowest BCUT2D eigenvalue weighted by Gasteiger charge is -2.40. The molecule has 2 aliphatic carbocycles. The van der Waals surface area contributed by atoms with Crippen LogP contribution in [0.25, 0.3) is 0 Å². The van der Waals surface area contributed by atoms with Gasteiger partial charge in [0.1, 0.15) is 0 Å². The molecule has 4 unspecified atom stereocenters. The normalized spacial score (nSPS) is 40.5. The molecule has 0 aromatic rings. The SMILES string of the molecule is CCCC1CCC2CC(C#N)CCC2C1. The predicted octanol–water partition coefficient (Wildman–Crippen LogP) is 4.14. The van der Waals surface area contributed by atoms with Crippen LogP contribution in [-0.4, -0.2) is 0 Å². The van der Waals surface area contributed by atoms with Crippen LogP contribution in [0.1, 0.15) is 58.3 Å². The van der Waals surface area contributed by atoms with Gasteiger partial charge in [0, 0.05) is 5.92 Å². The molecule has 0 bridgehead atoms. The summed E-state index contributed by atoms with van der Waals surface area (Å²) in [6, 6.07) is 2.47. The Labute approximate surface area is 93.9 Å². The van der Waals surface area contributed by atoms with Crippen molar-refractivity contribution in [2.75, 3.05) is 0 Å². The molecule has 0 N–H and O–H groups in total. The Kier molecular flexibility index (Phi) is 3.67. The molecule has 2 fully saturated rings. The van der Waals surface area contributed by atoms with E-state index in [4.69, 9.17) is 5.26 Å². The van der Waals surface area contributed by atoms with Gasteiger partial charge in [-0.3, -0.25) is 0 Å². The molecule has 84 valence electrons. The molecule has 2 aliphatic rings. The molecule has 0 radical (unpaired) electrons. The lowest BCUT2D eigenvalue weighted by atomic mass is 9.64. The van der Waals surface area contributed by atoms with Crippen LogP contribution in [0.15, 0.2) is 0 Å². The molecule has 1 nitrogen and oxygen atoms in total. The maximum Gasteiger partial charge on any atom is 0.0655 e. The van der Waals surface area contributed by atoms with Crippen LogP contribution in [0.5, 0.6) is 0 Å². The fraction of sp³-hybridized carbons (Fsp3) is 0.929. The highest BCUT2D eigenvalue weighted by Gasteiger charge is 2.35. The van der Waals surface area contributed by atoms with Crippen LogP contribution in [0.4, 0.5) is 0 Å². The van der Waals surface area contributed by atoms with Crippen molar-refractivity contribution in [1.82, 2.24) is 0 Å². The lowest BCUT2D eigenvalue weighted by molar-refractivity contribution is 0.109. The molecule has 0 aromatic carbocycles. The van der Waals surface area contributed by atoms with E-state index in [-0.39, 0.29) is 0 Å². The second kappa shape index (κ2) is 5.01. The van der Waals surface area contributed by atoms with Gasteiger partial charge in [0.05, 0.1) is 6.07 Å². The molecule has 0 amide bonds. The third-order valence-electron chi connectivity index (χ3n) is 4.60. The van der Waals surface area contributed by atoms with Crippen LogP contribution in [0, 0.1) is 35.0 Å². The Bertz CT molecular complexity index is 240. The number of nitrogens with zero attached hydrogens (tertiary/aromatic N) is 1. The third-order valence-corrected chi connectivity index (χ3v) is 4.60. The molecule has 0 heterocycles. The van der Waals surface area contributed by atoms with Crippen LogP contribution in [0.2, 0.25) is 0 Å². The highest BCUT2D eigenvalue weighted by Crippen LogP contribution is 2.45. The second-order valence-electron chi connectivity index (χ2n) is 5.63. The zero-order valence-electron chi connectivity index (χ0n) is 9.91. The summed E-state index contributed by atoms with van der Waals surface area (Å²) in [5.41, 5.74) is 0. The molecule has 2 saturated carbocycles. The Morgan fingerprint density at radius 1 is 1.07 bits per heavy atom. The molecular weight excluding hydrogens is 182 g/mol. The quantitative estimate of drug-likeness (QED) is 0.664. The lowest BCUT2D eigenvalue weighted by Crippen LogP contribution is -2.30. The summed E-state index contributed by atoms with van der Waals surface area (Å²) in [4.78, 5) is 0. The van der Waals surface area contributed by atoms with E-state index in [0.717, 1.165) is 17.8 Å². The van der Waals surface area contributed by atoms with Gasteiger partial charge in [0.15, 0.2) is 0 Å². The van der Waals surface area contributed by atoms with Crippen molar-refractivity contribution in [3.63, 3.8) is 0 Å². The minimum Gasteiger partial charge on any atom is -0.198 e. The summed E-state index contributed by atoms with van der Waals surface area (Å²) in [7, 11) is 0. The first-order valence-electron chi connectivity index (χ1n) is 6.73. The zero-order chi connectivity index (χ0) is 10.7. The number of fused-ring (bicyclic) bond motifs is 1. The molecule has 4 atom stereocenters. The molecular formula is C14H23N. The van der Waals surface area contributed by atoms with Gasteiger partial charge in [0.25, 0.3) is 0 Å². The van der Waals surface area contributed by atoms with Gasteiger partial charge in [-0.25, -0.2) is 0 Å². The maximum absolute atomic E-state index is 8.97. The van der Waals surface area contributed by atoms with Crippen molar-refractivity contribution in [3.05, 3.63) is 0 Å². The van der Waals surface area contributed by atoms with Gasteiger partial charge in [-0.05, 0) is 49.9 Å². The number of hydrogen-bond donors (Lipinski definition) is 0. The van der Waals surface area contributed by atoms with Gasteiger partial charge in [-0.2, -0.15) is 5.26 Å². The molecule has 0 aromatic heterocycles. The predicted molar refractivity (Wildman–Crippen MR) is 62.2 cm³/mol. The van der Waals surface area contributed by atoms with E-state index in [9.17, 15) is 0 Å². The number of nitriles is 1. The van der Waals surface area contributed by atoms with E-state index in [1.165, 1.54) is 51.4 Å². The fourth-order valence-electron chi connectivity index (χ4n) is 3.77. The number of hydrogen-bond acceptors (Lipinski definition) is 1. The smallest absolute Gasteiger partial charge is 0.0655 e. The topological polar surface area (TPSA) is 23.8 Å². The Balaban J connectivity index is 1.87. The molecule has 2 rings (SSSR count). The van der Waals surface area contributed by atoms with Crippen molar-refractivity contribution in [2.45, 2.75) is 58.3 Å².